The lowest BCUT2D eigenvalue weighted by molar-refractivity contribution is -0.385. The summed E-state index contributed by atoms with van der Waals surface area (Å²) in [5, 5.41) is 17.7. The van der Waals surface area contributed by atoms with E-state index >= 15 is 0 Å². The number of halogens is 1. The summed E-state index contributed by atoms with van der Waals surface area (Å²) in [6.07, 6.45) is 2.23. The number of nitrogens with one attached hydrogen (secondary N) is 1. The van der Waals surface area contributed by atoms with Crippen molar-refractivity contribution in [3.63, 3.8) is 0 Å². The van der Waals surface area contributed by atoms with Crippen LogP contribution in [0.2, 0.25) is 5.02 Å². The van der Waals surface area contributed by atoms with E-state index in [1.165, 1.54) is 23.0 Å². The van der Waals surface area contributed by atoms with Crippen molar-refractivity contribution in [1.29, 1.82) is 0 Å². The Kier molecular flexibility index (Phi) is 5.51. The molecule has 1 heterocycles. The zero-order valence-corrected chi connectivity index (χ0v) is 15.5. The van der Waals surface area contributed by atoms with Crippen LogP contribution in [0.15, 0.2) is 60.9 Å². The maximum absolute atomic E-state index is 12.8. The summed E-state index contributed by atoms with van der Waals surface area (Å²) < 4.78 is 1.18. The zero-order chi connectivity index (χ0) is 20.3. The summed E-state index contributed by atoms with van der Waals surface area (Å²) in [4.78, 5) is 35.6. The second kappa shape index (κ2) is 8.01. The van der Waals surface area contributed by atoms with Gasteiger partial charge >= 0.3 is 5.69 Å². The van der Waals surface area contributed by atoms with Crippen LogP contribution in [0.4, 0.5) is 11.4 Å². The fourth-order valence-electron chi connectivity index (χ4n) is 2.55. The van der Waals surface area contributed by atoms with Crippen LogP contribution in [0.25, 0.3) is 0 Å². The van der Waals surface area contributed by atoms with E-state index in [-0.39, 0.29) is 22.7 Å². The number of rotatable bonds is 6. The molecule has 1 atom stereocenters. The first-order valence-corrected chi connectivity index (χ1v) is 8.63. The first-order valence-electron chi connectivity index (χ1n) is 8.25. The minimum Gasteiger partial charge on any atom is -0.324 e. The normalized spacial score (nSPS) is 11.6. The number of anilines is 1. The number of hydrogen-bond donors (Lipinski definition) is 1. The van der Waals surface area contributed by atoms with E-state index in [0.29, 0.717) is 10.6 Å². The summed E-state index contributed by atoms with van der Waals surface area (Å²) in [7, 11) is 0. The molecular weight excluding hydrogens is 384 g/mol. The van der Waals surface area contributed by atoms with Gasteiger partial charge in [-0.25, -0.2) is 0 Å². The van der Waals surface area contributed by atoms with E-state index in [4.69, 9.17) is 11.6 Å². The van der Waals surface area contributed by atoms with Gasteiger partial charge in [0.05, 0.1) is 10.6 Å². The Balaban J connectivity index is 1.86. The quantitative estimate of drug-likeness (QED) is 0.385. The molecule has 0 bridgehead atoms. The molecule has 0 spiro atoms. The second-order valence-electron chi connectivity index (χ2n) is 5.99. The summed E-state index contributed by atoms with van der Waals surface area (Å²) in [6.45, 7) is 1.54. The van der Waals surface area contributed by atoms with Crippen LogP contribution in [0.5, 0.6) is 0 Å². The molecule has 8 nitrogen and oxygen atoms in total. The van der Waals surface area contributed by atoms with Gasteiger partial charge in [-0.1, -0.05) is 41.9 Å². The van der Waals surface area contributed by atoms with Crippen molar-refractivity contribution < 1.29 is 14.5 Å². The van der Waals surface area contributed by atoms with E-state index in [1.807, 2.05) is 0 Å². The molecule has 0 fully saturated rings. The maximum atomic E-state index is 12.8. The van der Waals surface area contributed by atoms with Crippen molar-refractivity contribution in [2.45, 2.75) is 13.0 Å². The zero-order valence-electron chi connectivity index (χ0n) is 14.7. The molecular formula is C19H15ClN4O4. The highest BCUT2D eigenvalue weighted by Gasteiger charge is 2.22. The molecule has 3 rings (SSSR count). The summed E-state index contributed by atoms with van der Waals surface area (Å²) in [6, 6.07) is 12.4. The smallest absolute Gasteiger partial charge is 0.307 e. The Hall–Kier alpha value is -3.52. The predicted molar refractivity (Wildman–Crippen MR) is 104 cm³/mol. The van der Waals surface area contributed by atoms with Crippen molar-refractivity contribution in [3.8, 4) is 0 Å². The number of hydrogen-bond acceptors (Lipinski definition) is 5. The standard InChI is InChI=1S/C19H15ClN4O4/c1-12(23-11-15(10-21-23)24(27)28)19(26)22-17-8-7-14(20)9-16(17)18(25)13-5-3-2-4-6-13/h2-12H,1H3,(H,22,26)/t12-/m0/s1. The number of ketones is 1. The van der Waals surface area contributed by atoms with Gasteiger partial charge in [-0.05, 0) is 25.1 Å². The van der Waals surface area contributed by atoms with Crippen molar-refractivity contribution >= 4 is 34.7 Å². The number of nitrogens with zero attached hydrogens (tertiary/aromatic N) is 3. The van der Waals surface area contributed by atoms with Gasteiger partial charge in [-0.15, -0.1) is 0 Å². The van der Waals surface area contributed by atoms with Crippen LogP contribution in [-0.2, 0) is 4.79 Å². The molecule has 28 heavy (non-hydrogen) atoms. The van der Waals surface area contributed by atoms with Crippen LogP contribution in [-0.4, -0.2) is 26.4 Å². The fourth-order valence-corrected chi connectivity index (χ4v) is 2.72. The van der Waals surface area contributed by atoms with Gasteiger partial charge in [-0.2, -0.15) is 5.10 Å². The number of aromatic nitrogens is 2. The van der Waals surface area contributed by atoms with Crippen molar-refractivity contribution in [2.75, 3.05) is 5.32 Å². The lowest BCUT2D eigenvalue weighted by Crippen LogP contribution is -2.25. The second-order valence-corrected chi connectivity index (χ2v) is 6.42. The monoisotopic (exact) mass is 398 g/mol. The Morgan fingerprint density at radius 2 is 1.93 bits per heavy atom. The highest BCUT2D eigenvalue weighted by atomic mass is 35.5. The van der Waals surface area contributed by atoms with Crippen LogP contribution in [0, 0.1) is 10.1 Å². The van der Waals surface area contributed by atoms with Gasteiger partial charge in [0.2, 0.25) is 5.91 Å². The number of amides is 1. The predicted octanol–water partition coefficient (Wildman–Crippen LogP) is 3.88. The molecule has 1 N–H and O–H groups in total. The van der Waals surface area contributed by atoms with Crippen LogP contribution < -0.4 is 5.32 Å². The van der Waals surface area contributed by atoms with E-state index in [1.54, 1.807) is 43.3 Å². The molecule has 0 unspecified atom stereocenters. The maximum Gasteiger partial charge on any atom is 0.307 e. The first-order chi connectivity index (χ1) is 13.4. The van der Waals surface area contributed by atoms with Crippen LogP contribution >= 0.6 is 11.6 Å². The molecule has 0 saturated heterocycles. The van der Waals surface area contributed by atoms with E-state index < -0.39 is 16.9 Å². The average Bonchev–Trinajstić information content (AvgIpc) is 3.19. The van der Waals surface area contributed by atoms with Crippen molar-refractivity contribution in [1.82, 2.24) is 9.78 Å². The molecule has 1 aromatic heterocycles. The Bertz CT molecular complexity index is 1050. The Morgan fingerprint density at radius 1 is 1.21 bits per heavy atom. The summed E-state index contributed by atoms with van der Waals surface area (Å²) in [5.74, 6) is -0.775. The van der Waals surface area contributed by atoms with Crippen molar-refractivity contribution in [2.24, 2.45) is 0 Å². The number of carbonyl (C=O) groups is 2. The van der Waals surface area contributed by atoms with Gasteiger partial charge in [0.1, 0.15) is 18.4 Å². The Labute approximate surface area is 164 Å². The molecule has 0 saturated carbocycles. The lowest BCUT2D eigenvalue weighted by Gasteiger charge is -2.15. The average molecular weight is 399 g/mol. The largest absolute Gasteiger partial charge is 0.324 e. The summed E-state index contributed by atoms with van der Waals surface area (Å²) >= 11 is 6.03. The minimum atomic E-state index is -0.830. The molecule has 9 heteroatoms. The first kappa shape index (κ1) is 19.2. The van der Waals surface area contributed by atoms with Gasteiger partial charge < -0.3 is 5.32 Å². The van der Waals surface area contributed by atoms with E-state index in [0.717, 1.165) is 6.20 Å². The van der Waals surface area contributed by atoms with Gasteiger partial charge in [0.25, 0.3) is 0 Å². The summed E-state index contributed by atoms with van der Waals surface area (Å²) in [5.41, 5.74) is 0.768. The van der Waals surface area contributed by atoms with Crippen LogP contribution in [0.1, 0.15) is 28.9 Å². The molecule has 0 radical (unpaired) electrons. The Morgan fingerprint density at radius 3 is 2.57 bits per heavy atom. The molecule has 0 aliphatic rings. The molecule has 142 valence electrons. The van der Waals surface area contributed by atoms with Gasteiger partial charge in [-0.3, -0.25) is 24.4 Å². The third-order valence-corrected chi connectivity index (χ3v) is 4.33. The van der Waals surface area contributed by atoms with Gasteiger partial charge in [0, 0.05) is 16.1 Å². The minimum absolute atomic E-state index is 0.217. The molecule has 3 aromatic rings. The highest BCUT2D eigenvalue weighted by molar-refractivity contribution is 6.31. The van der Waals surface area contributed by atoms with E-state index in [2.05, 4.69) is 10.4 Å². The van der Waals surface area contributed by atoms with Crippen LogP contribution in [0.3, 0.4) is 0 Å². The number of benzene rings is 2. The van der Waals surface area contributed by atoms with E-state index in [9.17, 15) is 19.7 Å². The third kappa shape index (κ3) is 4.07. The SMILES string of the molecule is C[C@@H](C(=O)Nc1ccc(Cl)cc1C(=O)c1ccccc1)n1cc([N+](=O)[O-])cn1. The number of carbonyl (C=O) groups excluding carboxylic acids is 2. The van der Waals surface area contributed by atoms with Crippen molar-refractivity contribution in [3.05, 3.63) is 87.2 Å². The molecule has 0 aliphatic carbocycles. The van der Waals surface area contributed by atoms with Gasteiger partial charge in [0.15, 0.2) is 5.78 Å². The molecule has 2 aromatic carbocycles. The third-order valence-electron chi connectivity index (χ3n) is 4.10. The fraction of sp³-hybridized carbons (Fsp3) is 0.105. The lowest BCUT2D eigenvalue weighted by atomic mass is 10.0. The highest BCUT2D eigenvalue weighted by Crippen LogP contribution is 2.25. The molecule has 1 amide bonds. The topological polar surface area (TPSA) is 107 Å². The molecule has 0 aliphatic heterocycles. The number of nitro groups is 1.